The molecule has 1 heterocycles. The first-order valence-electron chi connectivity index (χ1n) is 9.94. The average Bonchev–Trinajstić information content (AvgIpc) is 3.18. The molecular formula is C22H24Cl3N3O4S. The van der Waals surface area contributed by atoms with Gasteiger partial charge in [-0.05, 0) is 35.4 Å². The lowest BCUT2D eigenvalue weighted by molar-refractivity contribution is 0.343. The van der Waals surface area contributed by atoms with Gasteiger partial charge < -0.3 is 14.5 Å². The van der Waals surface area contributed by atoms with Gasteiger partial charge >= 0.3 is 0 Å². The second-order valence-corrected chi connectivity index (χ2v) is 10.9. The van der Waals surface area contributed by atoms with Gasteiger partial charge in [0.1, 0.15) is 6.61 Å². The molecule has 0 saturated heterocycles. The predicted molar refractivity (Wildman–Crippen MR) is 133 cm³/mol. The molecule has 0 radical (unpaired) electrons. The summed E-state index contributed by atoms with van der Waals surface area (Å²) in [5.41, 5.74) is 2.34. The van der Waals surface area contributed by atoms with Gasteiger partial charge in [0.25, 0.3) is 0 Å². The number of sulfonamides is 1. The summed E-state index contributed by atoms with van der Waals surface area (Å²) in [6.45, 7) is 4.46. The van der Waals surface area contributed by atoms with E-state index in [1.54, 1.807) is 0 Å². The molecule has 0 aliphatic carbocycles. The molecule has 33 heavy (non-hydrogen) atoms. The third-order valence-electron chi connectivity index (χ3n) is 5.05. The number of nitrogens with one attached hydrogen (secondary N) is 2. The van der Waals surface area contributed by atoms with Crippen LogP contribution in [-0.4, -0.2) is 32.1 Å². The molecule has 0 spiro atoms. The molecule has 2 N–H and O–H groups in total. The number of oxazole rings is 1. The summed E-state index contributed by atoms with van der Waals surface area (Å²) in [4.78, 5) is 4.12. The van der Waals surface area contributed by atoms with Crippen LogP contribution in [0.4, 0.5) is 11.5 Å². The molecule has 11 heteroatoms. The van der Waals surface area contributed by atoms with Crippen molar-refractivity contribution in [2.45, 2.75) is 25.8 Å². The first kappa shape index (κ1) is 25.6. The minimum absolute atomic E-state index is 0.00158. The highest BCUT2D eigenvalue weighted by molar-refractivity contribution is 7.88. The summed E-state index contributed by atoms with van der Waals surface area (Å²) in [6.07, 6.45) is 2.34. The Kier molecular flexibility index (Phi) is 8.18. The van der Waals surface area contributed by atoms with E-state index >= 15 is 0 Å². The summed E-state index contributed by atoms with van der Waals surface area (Å²) in [6, 6.07) is 11.5. The summed E-state index contributed by atoms with van der Waals surface area (Å²) < 4.78 is 35.9. The number of aromatic nitrogens is 1. The Balaban J connectivity index is 1.78. The molecule has 3 aromatic rings. The third kappa shape index (κ3) is 6.55. The summed E-state index contributed by atoms with van der Waals surface area (Å²) in [5.74, 6) is 1.58. The van der Waals surface area contributed by atoms with E-state index in [9.17, 15) is 8.42 Å². The van der Waals surface area contributed by atoms with Crippen molar-refractivity contribution in [2.24, 2.45) is 0 Å². The van der Waals surface area contributed by atoms with Crippen LogP contribution in [0.25, 0.3) is 0 Å². The fraction of sp³-hybridized carbons (Fsp3) is 0.318. The molecule has 7 nitrogen and oxygen atoms in total. The van der Waals surface area contributed by atoms with Crippen molar-refractivity contribution in [1.29, 1.82) is 0 Å². The van der Waals surface area contributed by atoms with Crippen LogP contribution in [-0.2, 0) is 22.0 Å². The van der Waals surface area contributed by atoms with Crippen molar-refractivity contribution < 1.29 is 17.6 Å². The Morgan fingerprint density at radius 3 is 2.30 bits per heavy atom. The molecule has 0 aliphatic rings. The molecule has 0 bridgehead atoms. The van der Waals surface area contributed by atoms with Crippen LogP contribution in [0.5, 0.6) is 5.75 Å². The molecule has 0 aliphatic heterocycles. The smallest absolute Gasteiger partial charge is 0.209 e. The molecule has 0 saturated carbocycles. The third-order valence-corrected chi connectivity index (χ3v) is 6.43. The van der Waals surface area contributed by atoms with Crippen LogP contribution in [0.15, 0.2) is 47.2 Å². The lowest BCUT2D eigenvalue weighted by Crippen LogP contribution is -2.21. The predicted octanol–water partition coefficient (Wildman–Crippen LogP) is 5.72. The average molecular weight is 533 g/mol. The van der Waals surface area contributed by atoms with Gasteiger partial charge in [-0.15, -0.1) is 11.6 Å². The molecule has 0 fully saturated rings. The van der Waals surface area contributed by atoms with Crippen LogP contribution in [0, 0.1) is 0 Å². The number of nitrogens with zero attached hydrogens (tertiary/aromatic N) is 1. The Hall–Kier alpha value is -1.97. The standard InChI is InChI=1S/C22H24Cl3N3O4S/c1-22(2,15-10-17(24)20(18(25)11-15)31-9-8-23)14-4-6-16(7-5-14)28-21-19(32-13-26-21)12-27-33(3,29)30/h4-7,10-11,13,27-28H,8-9,12H2,1-3H3. The first-order chi connectivity index (χ1) is 15.5. The molecule has 0 amide bonds. The monoisotopic (exact) mass is 531 g/mol. The Morgan fingerprint density at radius 2 is 1.73 bits per heavy atom. The zero-order valence-electron chi connectivity index (χ0n) is 18.3. The molecule has 2 aromatic carbocycles. The normalized spacial score (nSPS) is 12.1. The highest BCUT2D eigenvalue weighted by Gasteiger charge is 2.25. The number of anilines is 2. The maximum absolute atomic E-state index is 11.3. The van der Waals surface area contributed by atoms with Crippen molar-refractivity contribution >= 4 is 56.3 Å². The fourth-order valence-electron chi connectivity index (χ4n) is 3.17. The SMILES string of the molecule is CC(C)(c1ccc(Nc2ncoc2CNS(C)(=O)=O)cc1)c1cc(Cl)c(OCCCl)c(Cl)c1. The molecule has 0 unspecified atom stereocenters. The first-order valence-corrected chi connectivity index (χ1v) is 13.1. The van der Waals surface area contributed by atoms with Crippen LogP contribution < -0.4 is 14.8 Å². The molecule has 178 valence electrons. The highest BCUT2D eigenvalue weighted by atomic mass is 35.5. The maximum Gasteiger partial charge on any atom is 0.209 e. The van der Waals surface area contributed by atoms with Crippen molar-refractivity contribution in [3.63, 3.8) is 0 Å². The van der Waals surface area contributed by atoms with Gasteiger partial charge in [-0.2, -0.15) is 4.98 Å². The quantitative estimate of drug-likeness (QED) is 0.325. The number of alkyl halides is 1. The van der Waals surface area contributed by atoms with Gasteiger partial charge in [-0.3, -0.25) is 0 Å². The molecule has 1 aromatic heterocycles. The van der Waals surface area contributed by atoms with Gasteiger partial charge in [-0.25, -0.2) is 13.1 Å². The number of ether oxygens (including phenoxy) is 1. The number of rotatable bonds is 10. The van der Waals surface area contributed by atoms with E-state index in [0.29, 0.717) is 39.9 Å². The van der Waals surface area contributed by atoms with Crippen LogP contribution in [0.1, 0.15) is 30.7 Å². The van der Waals surface area contributed by atoms with E-state index in [4.69, 9.17) is 44.0 Å². The van der Waals surface area contributed by atoms with Gasteiger partial charge in [-0.1, -0.05) is 49.2 Å². The van der Waals surface area contributed by atoms with E-state index in [-0.39, 0.29) is 6.54 Å². The molecule has 3 rings (SSSR count). The minimum Gasteiger partial charge on any atom is -0.489 e. The summed E-state index contributed by atoms with van der Waals surface area (Å²) >= 11 is 18.5. The number of hydrogen-bond donors (Lipinski definition) is 2. The van der Waals surface area contributed by atoms with Gasteiger partial charge in [0, 0.05) is 11.1 Å². The van der Waals surface area contributed by atoms with Crippen molar-refractivity contribution in [1.82, 2.24) is 9.71 Å². The van der Waals surface area contributed by atoms with Crippen LogP contribution in [0.3, 0.4) is 0 Å². The van der Waals surface area contributed by atoms with E-state index in [1.165, 1.54) is 6.39 Å². The summed E-state index contributed by atoms with van der Waals surface area (Å²) in [7, 11) is -3.35. The highest BCUT2D eigenvalue weighted by Crippen LogP contribution is 2.40. The van der Waals surface area contributed by atoms with E-state index in [2.05, 4.69) is 28.9 Å². The van der Waals surface area contributed by atoms with Gasteiger partial charge in [0.05, 0.1) is 28.7 Å². The van der Waals surface area contributed by atoms with Gasteiger partial charge in [0.15, 0.2) is 23.7 Å². The van der Waals surface area contributed by atoms with Crippen molar-refractivity contribution in [2.75, 3.05) is 24.1 Å². The summed E-state index contributed by atoms with van der Waals surface area (Å²) in [5, 5.41) is 4.00. The number of hydrogen-bond acceptors (Lipinski definition) is 6. The van der Waals surface area contributed by atoms with E-state index in [0.717, 1.165) is 23.1 Å². The Morgan fingerprint density at radius 1 is 1.09 bits per heavy atom. The maximum atomic E-state index is 11.3. The zero-order valence-corrected chi connectivity index (χ0v) is 21.4. The number of benzene rings is 2. The van der Waals surface area contributed by atoms with Gasteiger partial charge in [0.2, 0.25) is 10.0 Å². The molecular weight excluding hydrogens is 509 g/mol. The minimum atomic E-state index is -3.35. The Bertz CT molecular complexity index is 1190. The molecule has 0 atom stereocenters. The lowest BCUT2D eigenvalue weighted by Gasteiger charge is -2.27. The zero-order chi connectivity index (χ0) is 24.2. The second-order valence-electron chi connectivity index (χ2n) is 7.85. The van der Waals surface area contributed by atoms with Crippen molar-refractivity contribution in [3.8, 4) is 5.75 Å². The number of halogens is 3. The lowest BCUT2D eigenvalue weighted by atomic mass is 9.78. The fourth-order valence-corrected chi connectivity index (χ4v) is 4.23. The van der Waals surface area contributed by atoms with Crippen LogP contribution in [0.2, 0.25) is 10.0 Å². The second kappa shape index (κ2) is 10.5. The topological polar surface area (TPSA) is 93.5 Å². The largest absolute Gasteiger partial charge is 0.489 e. The van der Waals surface area contributed by atoms with Crippen molar-refractivity contribution in [3.05, 3.63) is 69.7 Å². The van der Waals surface area contributed by atoms with E-state index < -0.39 is 15.4 Å². The van der Waals surface area contributed by atoms with Crippen LogP contribution >= 0.6 is 34.8 Å². The van der Waals surface area contributed by atoms with E-state index in [1.807, 2.05) is 36.4 Å². The Labute approximate surface area is 208 Å².